The van der Waals surface area contributed by atoms with Crippen LogP contribution in [0.25, 0.3) is 0 Å². The number of ether oxygens (including phenoxy) is 1. The molecule has 0 radical (unpaired) electrons. The zero-order valence-corrected chi connectivity index (χ0v) is 9.08. The second-order valence-electron chi connectivity index (χ2n) is 3.89. The van der Waals surface area contributed by atoms with E-state index in [-0.39, 0.29) is 5.91 Å². The highest BCUT2D eigenvalue weighted by Crippen LogP contribution is 2.09. The van der Waals surface area contributed by atoms with Crippen molar-refractivity contribution in [2.24, 2.45) is 5.92 Å². The Balaban J connectivity index is 2.08. The van der Waals surface area contributed by atoms with Gasteiger partial charge in [0.1, 0.15) is 0 Å². The number of hydrogen-bond acceptors (Lipinski definition) is 3. The van der Waals surface area contributed by atoms with Gasteiger partial charge in [0.05, 0.1) is 0 Å². The van der Waals surface area contributed by atoms with Crippen molar-refractivity contribution in [3.63, 3.8) is 0 Å². The highest BCUT2D eigenvalue weighted by Gasteiger charge is 2.21. The lowest BCUT2D eigenvalue weighted by Gasteiger charge is -2.28. The van der Waals surface area contributed by atoms with Gasteiger partial charge in [-0.1, -0.05) is 0 Å². The van der Waals surface area contributed by atoms with Crippen molar-refractivity contribution in [1.29, 1.82) is 0 Å². The highest BCUT2D eigenvalue weighted by atomic mass is 16.5. The molecular formula is C10H20N2O2. The van der Waals surface area contributed by atoms with Crippen LogP contribution < -0.4 is 5.32 Å². The first-order valence-electron chi connectivity index (χ1n) is 5.17. The van der Waals surface area contributed by atoms with E-state index in [9.17, 15) is 4.79 Å². The number of hydrogen-bond donors (Lipinski definition) is 1. The maximum atomic E-state index is 11.6. The van der Waals surface area contributed by atoms with Crippen LogP contribution in [0, 0.1) is 5.92 Å². The first kappa shape index (κ1) is 11.5. The minimum atomic E-state index is 0.257. The van der Waals surface area contributed by atoms with Crippen molar-refractivity contribution in [3.8, 4) is 0 Å². The van der Waals surface area contributed by atoms with Gasteiger partial charge in [-0.25, -0.2) is 0 Å². The topological polar surface area (TPSA) is 41.6 Å². The molecule has 0 aromatic rings. The maximum absolute atomic E-state index is 11.6. The molecule has 1 rings (SSSR count). The molecule has 0 aliphatic carbocycles. The summed E-state index contributed by atoms with van der Waals surface area (Å²) >= 11 is 0. The molecule has 14 heavy (non-hydrogen) atoms. The summed E-state index contributed by atoms with van der Waals surface area (Å²) < 4.78 is 4.94. The molecule has 1 amide bonds. The molecule has 1 aliphatic rings. The Morgan fingerprint density at radius 1 is 1.57 bits per heavy atom. The van der Waals surface area contributed by atoms with E-state index in [1.807, 2.05) is 7.05 Å². The molecule has 0 bridgehead atoms. The molecule has 0 atom stereocenters. The molecule has 1 aliphatic heterocycles. The summed E-state index contributed by atoms with van der Waals surface area (Å²) in [5, 5.41) is 3.17. The fraction of sp³-hybridized carbons (Fsp3) is 0.900. The Bertz CT molecular complexity index is 181. The number of carbonyl (C=O) groups is 1. The molecule has 0 saturated carbocycles. The normalized spacial score (nSPS) is 16.4. The van der Waals surface area contributed by atoms with Crippen LogP contribution in [0.5, 0.6) is 0 Å². The molecule has 0 spiro atoms. The van der Waals surface area contributed by atoms with Crippen LogP contribution in [0.4, 0.5) is 0 Å². The monoisotopic (exact) mass is 200 g/mol. The van der Waals surface area contributed by atoms with Gasteiger partial charge in [-0.3, -0.25) is 4.79 Å². The van der Waals surface area contributed by atoms with Crippen LogP contribution in [-0.2, 0) is 9.53 Å². The number of carbonyl (C=O) groups excluding carboxylic acids is 1. The number of nitrogens with zero attached hydrogens (tertiary/aromatic N) is 1. The molecule has 4 heteroatoms. The molecule has 1 fully saturated rings. The molecular weight excluding hydrogens is 180 g/mol. The second kappa shape index (κ2) is 5.98. The van der Waals surface area contributed by atoms with Crippen molar-refractivity contribution >= 4 is 5.91 Å². The zero-order chi connectivity index (χ0) is 10.4. The van der Waals surface area contributed by atoms with Gasteiger partial charge in [-0.05, 0) is 25.4 Å². The summed E-state index contributed by atoms with van der Waals surface area (Å²) in [5.41, 5.74) is 0. The predicted molar refractivity (Wildman–Crippen MR) is 55.1 cm³/mol. The fourth-order valence-corrected chi connectivity index (χ4v) is 1.47. The Morgan fingerprint density at radius 3 is 2.79 bits per heavy atom. The average molecular weight is 200 g/mol. The minimum Gasteiger partial charge on any atom is -0.385 e. The van der Waals surface area contributed by atoms with Gasteiger partial charge in [0, 0.05) is 33.7 Å². The Hall–Kier alpha value is -0.610. The first-order valence-corrected chi connectivity index (χ1v) is 5.17. The van der Waals surface area contributed by atoms with E-state index in [1.54, 1.807) is 12.0 Å². The number of amides is 1. The smallest absolute Gasteiger partial charge is 0.222 e. The molecule has 0 aromatic heterocycles. The second-order valence-corrected chi connectivity index (χ2v) is 3.89. The van der Waals surface area contributed by atoms with E-state index in [4.69, 9.17) is 4.74 Å². The van der Waals surface area contributed by atoms with Crippen LogP contribution >= 0.6 is 0 Å². The number of rotatable bonds is 6. The lowest BCUT2D eigenvalue weighted by atomic mass is 9.99. The van der Waals surface area contributed by atoms with Gasteiger partial charge in [0.25, 0.3) is 0 Å². The summed E-state index contributed by atoms with van der Waals surface area (Å²) in [4.78, 5) is 13.4. The third-order valence-electron chi connectivity index (χ3n) is 2.60. The van der Waals surface area contributed by atoms with Crippen LogP contribution in [0.3, 0.4) is 0 Å². The van der Waals surface area contributed by atoms with Gasteiger partial charge in [-0.15, -0.1) is 0 Å². The van der Waals surface area contributed by atoms with Crippen LogP contribution in [0.1, 0.15) is 12.8 Å². The van der Waals surface area contributed by atoms with E-state index in [0.717, 1.165) is 32.7 Å². The summed E-state index contributed by atoms with van der Waals surface area (Å²) in [5.74, 6) is 0.819. The molecule has 4 nitrogen and oxygen atoms in total. The van der Waals surface area contributed by atoms with E-state index < -0.39 is 0 Å². The van der Waals surface area contributed by atoms with Gasteiger partial charge in [-0.2, -0.15) is 0 Å². The predicted octanol–water partition coefficient (Wildman–Crippen LogP) is 0.0908. The maximum Gasteiger partial charge on any atom is 0.222 e. The van der Waals surface area contributed by atoms with Gasteiger partial charge in [0.2, 0.25) is 5.91 Å². The fourth-order valence-electron chi connectivity index (χ4n) is 1.47. The lowest BCUT2D eigenvalue weighted by Crippen LogP contribution is -2.44. The first-order chi connectivity index (χ1) is 6.74. The number of methoxy groups -OCH3 is 1. The summed E-state index contributed by atoms with van der Waals surface area (Å²) in [7, 11) is 3.55. The van der Waals surface area contributed by atoms with Crippen molar-refractivity contribution in [1.82, 2.24) is 10.2 Å². The third kappa shape index (κ3) is 3.64. The largest absolute Gasteiger partial charge is 0.385 e. The molecule has 1 N–H and O–H groups in total. The highest BCUT2D eigenvalue weighted by molar-refractivity contribution is 5.76. The van der Waals surface area contributed by atoms with E-state index in [0.29, 0.717) is 12.3 Å². The molecule has 0 unspecified atom stereocenters. The van der Waals surface area contributed by atoms with E-state index in [1.165, 1.54) is 0 Å². The Kier molecular flexibility index (Phi) is 4.90. The van der Waals surface area contributed by atoms with Crippen LogP contribution in [-0.4, -0.2) is 51.2 Å². The standard InChI is InChI=1S/C10H20N2O2/c1-12(4-3-5-14-2)10(13)6-9-7-11-8-9/h9,11H,3-8H2,1-2H3. The van der Waals surface area contributed by atoms with Gasteiger partial charge < -0.3 is 15.0 Å². The summed E-state index contributed by atoms with van der Waals surface area (Å²) in [6.07, 6.45) is 1.61. The Labute approximate surface area is 85.6 Å². The number of nitrogens with one attached hydrogen (secondary N) is 1. The average Bonchev–Trinajstić information content (AvgIpc) is 2.11. The van der Waals surface area contributed by atoms with Crippen molar-refractivity contribution in [2.45, 2.75) is 12.8 Å². The lowest BCUT2D eigenvalue weighted by molar-refractivity contribution is -0.131. The summed E-state index contributed by atoms with van der Waals surface area (Å²) in [6.45, 7) is 3.52. The zero-order valence-electron chi connectivity index (χ0n) is 9.08. The van der Waals surface area contributed by atoms with E-state index >= 15 is 0 Å². The molecule has 1 heterocycles. The molecule has 1 saturated heterocycles. The molecule has 82 valence electrons. The third-order valence-corrected chi connectivity index (χ3v) is 2.60. The Morgan fingerprint density at radius 2 is 2.29 bits per heavy atom. The minimum absolute atomic E-state index is 0.257. The van der Waals surface area contributed by atoms with Crippen molar-refractivity contribution in [2.75, 3.05) is 40.4 Å². The molecule has 0 aromatic carbocycles. The van der Waals surface area contributed by atoms with E-state index in [2.05, 4.69) is 5.32 Å². The van der Waals surface area contributed by atoms with Crippen LogP contribution in [0.15, 0.2) is 0 Å². The van der Waals surface area contributed by atoms with Gasteiger partial charge in [0.15, 0.2) is 0 Å². The quantitative estimate of drug-likeness (QED) is 0.618. The van der Waals surface area contributed by atoms with Crippen molar-refractivity contribution in [3.05, 3.63) is 0 Å². The SMILES string of the molecule is COCCCN(C)C(=O)CC1CNC1. The van der Waals surface area contributed by atoms with Crippen LogP contribution in [0.2, 0.25) is 0 Å². The summed E-state index contributed by atoms with van der Waals surface area (Å²) in [6, 6.07) is 0. The van der Waals surface area contributed by atoms with Gasteiger partial charge >= 0.3 is 0 Å². The van der Waals surface area contributed by atoms with Crippen molar-refractivity contribution < 1.29 is 9.53 Å².